The Bertz CT molecular complexity index is 353. The molecule has 1 atom stereocenters. The Morgan fingerprint density at radius 1 is 1.12 bits per heavy atom. The van der Waals surface area contributed by atoms with Crippen LogP contribution in [0.4, 0.5) is 0 Å². The second kappa shape index (κ2) is 6.61. The largest absolute Gasteiger partial charge is 0.327 e. The maximum Gasteiger partial charge on any atom is 0.00792 e. The first kappa shape index (κ1) is 12.4. The highest BCUT2D eigenvalue weighted by Crippen LogP contribution is 2.22. The molecule has 0 fully saturated rings. The van der Waals surface area contributed by atoms with Crippen LogP contribution >= 0.6 is 0 Å². The molecule has 0 amide bonds. The average molecular weight is 229 g/mol. The highest BCUT2D eigenvalue weighted by molar-refractivity contribution is 5.15. The summed E-state index contributed by atoms with van der Waals surface area (Å²) < 4.78 is 0. The Hall–Kier alpha value is -1.08. The molecule has 1 aromatic rings. The molecule has 1 aliphatic rings. The van der Waals surface area contributed by atoms with Gasteiger partial charge in [0.2, 0.25) is 0 Å². The monoisotopic (exact) mass is 229 g/mol. The van der Waals surface area contributed by atoms with Gasteiger partial charge in [-0.05, 0) is 50.5 Å². The molecular formula is C16H23N. The first-order valence-electron chi connectivity index (χ1n) is 6.82. The fourth-order valence-corrected chi connectivity index (χ4v) is 2.53. The van der Waals surface area contributed by atoms with Crippen molar-refractivity contribution in [1.82, 2.24) is 0 Å². The molecule has 92 valence electrons. The Morgan fingerprint density at radius 2 is 1.94 bits per heavy atom. The van der Waals surface area contributed by atoms with E-state index in [9.17, 15) is 0 Å². The highest BCUT2D eigenvalue weighted by atomic mass is 14.6. The summed E-state index contributed by atoms with van der Waals surface area (Å²) in [7, 11) is 0. The number of rotatable bonds is 5. The summed E-state index contributed by atoms with van der Waals surface area (Å²) >= 11 is 0. The molecule has 1 heteroatoms. The Balaban J connectivity index is 1.74. The minimum Gasteiger partial charge on any atom is -0.327 e. The molecule has 0 aliphatic heterocycles. The van der Waals surface area contributed by atoms with Crippen molar-refractivity contribution in [3.63, 3.8) is 0 Å². The Labute approximate surface area is 105 Å². The molecule has 0 saturated carbocycles. The molecular weight excluding hydrogens is 206 g/mol. The second-order valence-corrected chi connectivity index (χ2v) is 5.10. The number of nitrogens with two attached hydrogens (primary N) is 1. The van der Waals surface area contributed by atoms with Gasteiger partial charge < -0.3 is 5.73 Å². The summed E-state index contributed by atoms with van der Waals surface area (Å²) in [4.78, 5) is 0. The third-order valence-corrected chi connectivity index (χ3v) is 3.56. The first-order valence-corrected chi connectivity index (χ1v) is 6.82. The van der Waals surface area contributed by atoms with Crippen LogP contribution in [0.15, 0.2) is 42.0 Å². The van der Waals surface area contributed by atoms with E-state index < -0.39 is 0 Å². The summed E-state index contributed by atoms with van der Waals surface area (Å²) in [6.07, 6.45) is 11.0. The SMILES string of the molecule is NC(CCc1ccccc1)CC1=CCCCC1. The lowest BCUT2D eigenvalue weighted by atomic mass is 9.92. The van der Waals surface area contributed by atoms with E-state index in [1.165, 1.54) is 31.2 Å². The zero-order valence-corrected chi connectivity index (χ0v) is 10.6. The van der Waals surface area contributed by atoms with E-state index in [0.717, 1.165) is 19.3 Å². The standard InChI is InChI=1S/C16H23N/c17-16(13-15-9-5-2-6-10-15)12-11-14-7-3-1-4-8-14/h1,3-4,7-9,16H,2,5-6,10-13,17H2. The second-order valence-electron chi connectivity index (χ2n) is 5.10. The topological polar surface area (TPSA) is 26.0 Å². The van der Waals surface area contributed by atoms with Crippen molar-refractivity contribution >= 4 is 0 Å². The maximum absolute atomic E-state index is 6.21. The summed E-state index contributed by atoms with van der Waals surface area (Å²) in [5.74, 6) is 0. The predicted molar refractivity (Wildman–Crippen MR) is 73.9 cm³/mol. The fourth-order valence-electron chi connectivity index (χ4n) is 2.53. The van der Waals surface area contributed by atoms with Crippen molar-refractivity contribution in [2.24, 2.45) is 5.73 Å². The van der Waals surface area contributed by atoms with Gasteiger partial charge in [-0.3, -0.25) is 0 Å². The van der Waals surface area contributed by atoms with Crippen LogP contribution in [-0.4, -0.2) is 6.04 Å². The van der Waals surface area contributed by atoms with Crippen LogP contribution in [0.2, 0.25) is 0 Å². The molecule has 1 aromatic carbocycles. The highest BCUT2D eigenvalue weighted by Gasteiger charge is 2.09. The van der Waals surface area contributed by atoms with Gasteiger partial charge in [-0.2, -0.15) is 0 Å². The number of hydrogen-bond donors (Lipinski definition) is 1. The van der Waals surface area contributed by atoms with Crippen LogP contribution in [0.5, 0.6) is 0 Å². The van der Waals surface area contributed by atoms with Gasteiger partial charge in [0, 0.05) is 6.04 Å². The molecule has 0 radical (unpaired) electrons. The van der Waals surface area contributed by atoms with Crippen LogP contribution in [0, 0.1) is 0 Å². The fraction of sp³-hybridized carbons (Fsp3) is 0.500. The van der Waals surface area contributed by atoms with E-state index in [0.29, 0.717) is 6.04 Å². The van der Waals surface area contributed by atoms with E-state index in [1.54, 1.807) is 5.57 Å². The Kier molecular flexibility index (Phi) is 4.81. The third-order valence-electron chi connectivity index (χ3n) is 3.56. The number of allylic oxidation sites excluding steroid dienone is 1. The maximum atomic E-state index is 6.21. The number of benzene rings is 1. The van der Waals surface area contributed by atoms with Gasteiger partial charge in [0.25, 0.3) is 0 Å². The molecule has 0 saturated heterocycles. The predicted octanol–water partition coefficient (Wildman–Crippen LogP) is 3.84. The molecule has 2 N–H and O–H groups in total. The van der Waals surface area contributed by atoms with Gasteiger partial charge in [-0.25, -0.2) is 0 Å². The van der Waals surface area contributed by atoms with Gasteiger partial charge in [0.05, 0.1) is 0 Å². The van der Waals surface area contributed by atoms with Crippen LogP contribution in [0.3, 0.4) is 0 Å². The van der Waals surface area contributed by atoms with E-state index in [-0.39, 0.29) is 0 Å². The number of hydrogen-bond acceptors (Lipinski definition) is 1. The molecule has 0 aromatic heterocycles. The third kappa shape index (κ3) is 4.35. The summed E-state index contributed by atoms with van der Waals surface area (Å²) in [6, 6.07) is 11.0. The first-order chi connectivity index (χ1) is 8.34. The minimum absolute atomic E-state index is 0.333. The molecule has 1 unspecified atom stereocenters. The van der Waals surface area contributed by atoms with Crippen molar-refractivity contribution in [2.45, 2.75) is 51.0 Å². The average Bonchev–Trinajstić information content (AvgIpc) is 2.39. The van der Waals surface area contributed by atoms with Crippen molar-refractivity contribution < 1.29 is 0 Å². The molecule has 2 rings (SSSR count). The van der Waals surface area contributed by atoms with Crippen LogP contribution < -0.4 is 5.73 Å². The summed E-state index contributed by atoms with van der Waals surface area (Å²) in [5, 5.41) is 0. The van der Waals surface area contributed by atoms with Gasteiger partial charge in [-0.1, -0.05) is 42.0 Å². The molecule has 1 aliphatic carbocycles. The van der Waals surface area contributed by atoms with Crippen LogP contribution in [-0.2, 0) is 6.42 Å². The van der Waals surface area contributed by atoms with Crippen molar-refractivity contribution in [1.29, 1.82) is 0 Å². The quantitative estimate of drug-likeness (QED) is 0.763. The summed E-state index contributed by atoms with van der Waals surface area (Å²) in [5.41, 5.74) is 9.21. The molecule has 1 nitrogen and oxygen atoms in total. The normalized spacial score (nSPS) is 17.6. The molecule has 0 spiro atoms. The lowest BCUT2D eigenvalue weighted by Crippen LogP contribution is -2.21. The van der Waals surface area contributed by atoms with Gasteiger partial charge in [0.1, 0.15) is 0 Å². The zero-order chi connectivity index (χ0) is 11.9. The zero-order valence-electron chi connectivity index (χ0n) is 10.6. The van der Waals surface area contributed by atoms with E-state index in [1.807, 2.05) is 0 Å². The van der Waals surface area contributed by atoms with Gasteiger partial charge in [-0.15, -0.1) is 0 Å². The van der Waals surface area contributed by atoms with E-state index >= 15 is 0 Å². The van der Waals surface area contributed by atoms with Gasteiger partial charge >= 0.3 is 0 Å². The summed E-state index contributed by atoms with van der Waals surface area (Å²) in [6.45, 7) is 0. The lowest BCUT2D eigenvalue weighted by molar-refractivity contribution is 0.574. The van der Waals surface area contributed by atoms with E-state index in [2.05, 4.69) is 36.4 Å². The van der Waals surface area contributed by atoms with Crippen molar-refractivity contribution in [3.05, 3.63) is 47.5 Å². The smallest absolute Gasteiger partial charge is 0.00792 e. The van der Waals surface area contributed by atoms with Crippen LogP contribution in [0.25, 0.3) is 0 Å². The molecule has 0 bridgehead atoms. The van der Waals surface area contributed by atoms with Crippen molar-refractivity contribution in [2.75, 3.05) is 0 Å². The lowest BCUT2D eigenvalue weighted by Gasteiger charge is -2.17. The van der Waals surface area contributed by atoms with Crippen molar-refractivity contribution in [3.8, 4) is 0 Å². The minimum atomic E-state index is 0.333. The van der Waals surface area contributed by atoms with Gasteiger partial charge in [0.15, 0.2) is 0 Å². The Morgan fingerprint density at radius 3 is 2.65 bits per heavy atom. The number of aryl methyl sites for hydroxylation is 1. The molecule has 0 heterocycles. The van der Waals surface area contributed by atoms with Crippen LogP contribution in [0.1, 0.15) is 44.1 Å². The molecule has 17 heavy (non-hydrogen) atoms. The van der Waals surface area contributed by atoms with E-state index in [4.69, 9.17) is 5.73 Å².